The summed E-state index contributed by atoms with van der Waals surface area (Å²) in [7, 11) is 0. The number of carbonyl (C=O) groups is 1. The number of fused-ring (bicyclic) bond motifs is 1. The lowest BCUT2D eigenvalue weighted by molar-refractivity contribution is -0.117. The lowest BCUT2D eigenvalue weighted by atomic mass is 10.0. The molecule has 1 aliphatic heterocycles. The molecule has 1 aliphatic rings. The third kappa shape index (κ3) is 4.96. The van der Waals surface area contributed by atoms with Crippen molar-refractivity contribution in [3.8, 4) is 0 Å². The highest BCUT2D eigenvalue weighted by molar-refractivity contribution is 5.98. The normalized spacial score (nSPS) is 13.9. The molecule has 0 radical (unpaired) electrons. The van der Waals surface area contributed by atoms with Crippen LogP contribution in [0.15, 0.2) is 33.8 Å². The Kier molecular flexibility index (Phi) is 7.27. The summed E-state index contributed by atoms with van der Waals surface area (Å²) in [6.07, 6.45) is 3.61. The maximum atomic E-state index is 12.9. The number of guanidine groups is 1. The number of anilines is 1. The maximum Gasteiger partial charge on any atom is 0.246 e. The van der Waals surface area contributed by atoms with Crippen LogP contribution in [0, 0.1) is 0 Å². The van der Waals surface area contributed by atoms with Gasteiger partial charge >= 0.3 is 0 Å². The lowest BCUT2D eigenvalue weighted by Crippen LogP contribution is -2.46. The molecule has 1 aromatic heterocycles. The van der Waals surface area contributed by atoms with E-state index >= 15 is 0 Å². The number of hydrogen-bond acceptors (Lipinski definition) is 4. The molecule has 1 amide bonds. The third-order valence-corrected chi connectivity index (χ3v) is 5.16. The first-order valence-electron chi connectivity index (χ1n) is 10.5. The Hall–Kier alpha value is -2.83. The summed E-state index contributed by atoms with van der Waals surface area (Å²) in [6, 6.07) is 8.14. The van der Waals surface area contributed by atoms with Gasteiger partial charge in [0.15, 0.2) is 5.96 Å². The van der Waals surface area contributed by atoms with E-state index in [0.717, 1.165) is 61.5 Å². The molecule has 0 saturated carbocycles. The zero-order valence-corrected chi connectivity index (χ0v) is 17.6. The summed E-state index contributed by atoms with van der Waals surface area (Å²) < 4.78 is 5.42. The van der Waals surface area contributed by atoms with E-state index in [9.17, 15) is 4.79 Å². The summed E-state index contributed by atoms with van der Waals surface area (Å²) in [5.41, 5.74) is 4.25. The largest absolute Gasteiger partial charge is 0.361 e. The van der Waals surface area contributed by atoms with E-state index in [0.29, 0.717) is 12.5 Å². The Bertz CT molecular complexity index is 837. The highest BCUT2D eigenvalue weighted by atomic mass is 16.5. The first-order valence-corrected chi connectivity index (χ1v) is 10.5. The number of aryl methyl sites for hydroxylation is 3. The predicted octanol–water partition coefficient (Wildman–Crippen LogP) is 2.83. The standard InChI is InChI=1S/C22H31N5O2/c1-4-18-17(20(5-2)29-26-18)14-24-22(23-6-3)25-15-21(28)27-13-9-11-16-10-7-8-12-19(16)27/h7-8,10,12H,4-6,9,11,13-15H2,1-3H3,(H2,23,24,25). The van der Waals surface area contributed by atoms with Gasteiger partial charge in [0.05, 0.1) is 18.8 Å². The van der Waals surface area contributed by atoms with Crippen LogP contribution in [0.1, 0.15) is 49.8 Å². The topological polar surface area (TPSA) is 82.8 Å². The van der Waals surface area contributed by atoms with Crippen LogP contribution in [-0.2, 0) is 30.6 Å². The van der Waals surface area contributed by atoms with Gasteiger partial charge in [-0.1, -0.05) is 37.2 Å². The number of aliphatic imine (C=N–C) groups is 1. The average molecular weight is 398 g/mol. The average Bonchev–Trinajstić information content (AvgIpc) is 3.17. The van der Waals surface area contributed by atoms with Crippen LogP contribution in [0.4, 0.5) is 5.69 Å². The van der Waals surface area contributed by atoms with E-state index in [2.05, 4.69) is 33.8 Å². The Morgan fingerprint density at radius 2 is 2.03 bits per heavy atom. The van der Waals surface area contributed by atoms with Crippen molar-refractivity contribution in [1.82, 2.24) is 15.8 Å². The number of amides is 1. The van der Waals surface area contributed by atoms with Crippen LogP contribution in [0.5, 0.6) is 0 Å². The molecule has 0 unspecified atom stereocenters. The number of benzene rings is 1. The number of aromatic nitrogens is 1. The van der Waals surface area contributed by atoms with Gasteiger partial charge in [-0.25, -0.2) is 4.99 Å². The van der Waals surface area contributed by atoms with Gasteiger partial charge in [-0.3, -0.25) is 4.79 Å². The molecule has 2 heterocycles. The number of hydrogen-bond donors (Lipinski definition) is 2. The van der Waals surface area contributed by atoms with Gasteiger partial charge in [0.25, 0.3) is 0 Å². The Morgan fingerprint density at radius 1 is 1.21 bits per heavy atom. The molecule has 7 nitrogen and oxygen atoms in total. The predicted molar refractivity (Wildman–Crippen MR) is 115 cm³/mol. The minimum Gasteiger partial charge on any atom is -0.361 e. The zero-order valence-electron chi connectivity index (χ0n) is 17.6. The molecule has 0 spiro atoms. The molecule has 1 aromatic carbocycles. The Morgan fingerprint density at radius 3 is 2.79 bits per heavy atom. The van der Waals surface area contributed by atoms with E-state index in [4.69, 9.17) is 4.52 Å². The number of rotatable bonds is 7. The van der Waals surface area contributed by atoms with Crippen LogP contribution in [0.2, 0.25) is 0 Å². The lowest BCUT2D eigenvalue weighted by Gasteiger charge is -2.29. The first kappa shape index (κ1) is 20.9. The number of nitrogens with one attached hydrogen (secondary N) is 2. The van der Waals surface area contributed by atoms with Gasteiger partial charge in [-0.2, -0.15) is 0 Å². The fourth-order valence-electron chi connectivity index (χ4n) is 3.66. The monoisotopic (exact) mass is 397 g/mol. The minimum atomic E-state index is 0.0521. The van der Waals surface area contributed by atoms with E-state index in [1.165, 1.54) is 5.56 Å². The molecule has 156 valence electrons. The van der Waals surface area contributed by atoms with Crippen molar-refractivity contribution in [2.45, 2.75) is 53.0 Å². The second kappa shape index (κ2) is 10.1. The van der Waals surface area contributed by atoms with Crippen molar-refractivity contribution in [3.63, 3.8) is 0 Å². The highest BCUT2D eigenvalue weighted by Crippen LogP contribution is 2.26. The summed E-state index contributed by atoms with van der Waals surface area (Å²) in [6.45, 7) is 8.27. The maximum absolute atomic E-state index is 12.9. The van der Waals surface area contributed by atoms with Crippen LogP contribution >= 0.6 is 0 Å². The van der Waals surface area contributed by atoms with Gasteiger partial charge in [-0.05, 0) is 37.8 Å². The second-order valence-electron chi connectivity index (χ2n) is 7.06. The summed E-state index contributed by atoms with van der Waals surface area (Å²) >= 11 is 0. The Balaban J connectivity index is 1.66. The SMILES string of the molecule is CCNC(=NCc1c(CC)noc1CC)NCC(=O)N1CCCc2ccccc21. The van der Waals surface area contributed by atoms with Crippen LogP contribution < -0.4 is 15.5 Å². The molecule has 0 saturated heterocycles. The van der Waals surface area contributed by atoms with Crippen LogP contribution in [0.3, 0.4) is 0 Å². The first-order chi connectivity index (χ1) is 14.2. The molecule has 0 aliphatic carbocycles. The minimum absolute atomic E-state index is 0.0521. The molecule has 0 bridgehead atoms. The summed E-state index contributed by atoms with van der Waals surface area (Å²) in [5.74, 6) is 1.55. The van der Waals surface area contributed by atoms with Gasteiger partial charge in [-0.15, -0.1) is 0 Å². The van der Waals surface area contributed by atoms with Gasteiger partial charge < -0.3 is 20.1 Å². The van der Waals surface area contributed by atoms with Crippen LogP contribution in [-0.4, -0.2) is 36.7 Å². The molecule has 3 rings (SSSR count). The van der Waals surface area contributed by atoms with Crippen molar-refractivity contribution in [2.75, 3.05) is 24.5 Å². The van der Waals surface area contributed by atoms with E-state index in [-0.39, 0.29) is 12.5 Å². The molecule has 0 atom stereocenters. The second-order valence-corrected chi connectivity index (χ2v) is 7.06. The van der Waals surface area contributed by atoms with E-state index < -0.39 is 0 Å². The molecule has 29 heavy (non-hydrogen) atoms. The van der Waals surface area contributed by atoms with Crippen molar-refractivity contribution >= 4 is 17.6 Å². The fraction of sp³-hybridized carbons (Fsp3) is 0.500. The zero-order chi connectivity index (χ0) is 20.6. The molecular formula is C22H31N5O2. The molecule has 2 N–H and O–H groups in total. The molecular weight excluding hydrogens is 366 g/mol. The van der Waals surface area contributed by atoms with Crippen molar-refractivity contribution < 1.29 is 9.32 Å². The Labute approximate surface area is 172 Å². The van der Waals surface area contributed by atoms with Gasteiger partial charge in [0.2, 0.25) is 5.91 Å². The van der Waals surface area contributed by atoms with Crippen molar-refractivity contribution in [1.29, 1.82) is 0 Å². The van der Waals surface area contributed by atoms with Crippen LogP contribution in [0.25, 0.3) is 0 Å². The molecule has 2 aromatic rings. The number of para-hydroxylation sites is 1. The van der Waals surface area contributed by atoms with E-state index in [1.54, 1.807) is 0 Å². The van der Waals surface area contributed by atoms with Gasteiger partial charge in [0.1, 0.15) is 5.76 Å². The summed E-state index contributed by atoms with van der Waals surface area (Å²) in [4.78, 5) is 19.4. The smallest absolute Gasteiger partial charge is 0.246 e. The van der Waals surface area contributed by atoms with Crippen molar-refractivity contribution in [3.05, 3.63) is 46.8 Å². The molecule has 0 fully saturated rings. The third-order valence-electron chi connectivity index (χ3n) is 5.16. The van der Waals surface area contributed by atoms with E-state index in [1.807, 2.05) is 36.9 Å². The molecule has 7 heteroatoms. The number of carbonyl (C=O) groups excluding carboxylic acids is 1. The summed E-state index contributed by atoms with van der Waals surface area (Å²) in [5, 5.41) is 10.5. The highest BCUT2D eigenvalue weighted by Gasteiger charge is 2.22. The number of nitrogens with zero attached hydrogens (tertiary/aromatic N) is 3. The van der Waals surface area contributed by atoms with Crippen molar-refractivity contribution in [2.24, 2.45) is 4.99 Å². The fourth-order valence-corrected chi connectivity index (χ4v) is 3.66. The van der Waals surface area contributed by atoms with Gasteiger partial charge in [0, 0.05) is 30.8 Å². The quantitative estimate of drug-likeness (QED) is 0.555.